The fourth-order valence-electron chi connectivity index (χ4n) is 0.481. The van der Waals surface area contributed by atoms with E-state index in [9.17, 15) is 0 Å². The summed E-state index contributed by atoms with van der Waals surface area (Å²) >= 11 is 3.47. The van der Waals surface area contributed by atoms with Gasteiger partial charge in [-0.15, -0.1) is 0 Å². The normalized spacial score (nSPS) is 11.5. The first kappa shape index (κ1) is 9.96. The second-order valence-electron chi connectivity index (χ2n) is 2.63. The Labute approximate surface area is 72.1 Å². The van der Waals surface area contributed by atoms with Crippen LogP contribution in [0.4, 0.5) is 0 Å². The van der Waals surface area contributed by atoms with Crippen LogP contribution in [0.3, 0.4) is 0 Å². The molecule has 0 radical (unpaired) electrons. The zero-order valence-corrected chi connectivity index (χ0v) is 8.75. The van der Waals surface area contributed by atoms with E-state index in [2.05, 4.69) is 49.7 Å². The first-order chi connectivity index (χ1) is 4.57. The van der Waals surface area contributed by atoms with Gasteiger partial charge in [0.25, 0.3) is 0 Å². The predicted molar refractivity (Wildman–Crippen MR) is 51.3 cm³/mol. The van der Waals surface area contributed by atoms with Crippen molar-refractivity contribution in [3.8, 4) is 0 Å². The van der Waals surface area contributed by atoms with Gasteiger partial charge in [0.05, 0.1) is 0 Å². The third-order valence-electron chi connectivity index (χ3n) is 1.50. The summed E-state index contributed by atoms with van der Waals surface area (Å²) in [6, 6.07) is 0. The third-order valence-corrected chi connectivity index (χ3v) is 2.29. The van der Waals surface area contributed by atoms with E-state index in [1.807, 2.05) is 0 Å². The molecule has 0 bridgehead atoms. The standard InChI is InChI=1S/C9H15Br/c1-5-9(10)6-8(4)7(2)3/h6H,5H2,1-4H3/b9-6+. The summed E-state index contributed by atoms with van der Waals surface area (Å²) < 4.78 is 1.27. The van der Waals surface area contributed by atoms with Gasteiger partial charge in [0.15, 0.2) is 0 Å². The van der Waals surface area contributed by atoms with Crippen LogP contribution in [0.2, 0.25) is 0 Å². The van der Waals surface area contributed by atoms with Gasteiger partial charge in [-0.2, -0.15) is 0 Å². The minimum absolute atomic E-state index is 1.07. The quantitative estimate of drug-likeness (QED) is 0.594. The van der Waals surface area contributed by atoms with Gasteiger partial charge in [-0.3, -0.25) is 0 Å². The van der Waals surface area contributed by atoms with Gasteiger partial charge in [-0.25, -0.2) is 0 Å². The SMILES string of the molecule is CC/C(Br)=C\C(C)=C(C)C. The molecule has 0 rings (SSSR count). The van der Waals surface area contributed by atoms with E-state index >= 15 is 0 Å². The molecule has 0 aliphatic carbocycles. The smallest absolute Gasteiger partial charge is 0.00495 e. The lowest BCUT2D eigenvalue weighted by atomic mass is 10.1. The summed E-state index contributed by atoms with van der Waals surface area (Å²) in [5, 5.41) is 0. The number of allylic oxidation sites excluding steroid dienone is 4. The fourth-order valence-corrected chi connectivity index (χ4v) is 0.825. The van der Waals surface area contributed by atoms with Gasteiger partial charge < -0.3 is 0 Å². The van der Waals surface area contributed by atoms with E-state index in [1.54, 1.807) is 0 Å². The molecule has 0 unspecified atom stereocenters. The highest BCUT2D eigenvalue weighted by Crippen LogP contribution is 2.14. The first-order valence-electron chi connectivity index (χ1n) is 3.58. The Hall–Kier alpha value is -0.0400. The van der Waals surface area contributed by atoms with Crippen molar-refractivity contribution < 1.29 is 0 Å². The van der Waals surface area contributed by atoms with Crippen molar-refractivity contribution >= 4 is 15.9 Å². The fraction of sp³-hybridized carbons (Fsp3) is 0.556. The summed E-state index contributed by atoms with van der Waals surface area (Å²) in [7, 11) is 0. The van der Waals surface area contributed by atoms with E-state index < -0.39 is 0 Å². The van der Waals surface area contributed by atoms with E-state index in [0.29, 0.717) is 0 Å². The van der Waals surface area contributed by atoms with Crippen LogP contribution in [-0.2, 0) is 0 Å². The summed E-state index contributed by atoms with van der Waals surface area (Å²) in [5.41, 5.74) is 2.74. The molecule has 0 aromatic heterocycles. The molecular formula is C9H15Br. The molecule has 0 nitrogen and oxygen atoms in total. The van der Waals surface area contributed by atoms with Gasteiger partial charge in [-0.1, -0.05) is 34.0 Å². The van der Waals surface area contributed by atoms with E-state index in [1.165, 1.54) is 15.6 Å². The van der Waals surface area contributed by atoms with Crippen molar-refractivity contribution in [3.05, 3.63) is 21.7 Å². The summed E-state index contributed by atoms with van der Waals surface area (Å²) in [6.45, 7) is 8.52. The molecule has 0 aromatic rings. The lowest BCUT2D eigenvalue weighted by molar-refractivity contribution is 1.19. The summed E-state index contributed by atoms with van der Waals surface area (Å²) in [5.74, 6) is 0. The van der Waals surface area contributed by atoms with Crippen molar-refractivity contribution in [2.24, 2.45) is 0 Å². The van der Waals surface area contributed by atoms with Crippen LogP contribution in [0.5, 0.6) is 0 Å². The highest BCUT2D eigenvalue weighted by Gasteiger charge is 1.89. The summed E-state index contributed by atoms with van der Waals surface area (Å²) in [4.78, 5) is 0. The zero-order chi connectivity index (χ0) is 8.15. The molecule has 0 fully saturated rings. The van der Waals surface area contributed by atoms with Gasteiger partial charge in [-0.05, 0) is 37.8 Å². The Balaban J connectivity index is 4.27. The number of halogens is 1. The Morgan fingerprint density at radius 1 is 1.30 bits per heavy atom. The van der Waals surface area contributed by atoms with Gasteiger partial charge in [0, 0.05) is 0 Å². The minimum Gasteiger partial charge on any atom is -0.0735 e. The molecule has 0 aromatic carbocycles. The number of hydrogen-bond donors (Lipinski definition) is 0. The van der Waals surface area contributed by atoms with Crippen molar-refractivity contribution in [3.63, 3.8) is 0 Å². The van der Waals surface area contributed by atoms with Crippen LogP contribution in [0.15, 0.2) is 21.7 Å². The minimum atomic E-state index is 1.07. The average molecular weight is 203 g/mol. The molecule has 0 heterocycles. The Kier molecular flexibility index (Phi) is 4.71. The predicted octanol–water partition coefficient (Wildman–Crippen LogP) is 4.03. The molecule has 0 spiro atoms. The Bertz CT molecular complexity index is 160. The highest BCUT2D eigenvalue weighted by atomic mass is 79.9. The Morgan fingerprint density at radius 3 is 2.10 bits per heavy atom. The number of hydrogen-bond acceptors (Lipinski definition) is 0. The Morgan fingerprint density at radius 2 is 1.80 bits per heavy atom. The molecule has 0 saturated carbocycles. The second kappa shape index (κ2) is 4.73. The lowest BCUT2D eigenvalue weighted by Crippen LogP contribution is -1.75. The molecule has 0 atom stereocenters. The molecule has 10 heavy (non-hydrogen) atoms. The lowest BCUT2D eigenvalue weighted by Gasteiger charge is -1.97. The van der Waals surface area contributed by atoms with Crippen LogP contribution in [0, 0.1) is 0 Å². The van der Waals surface area contributed by atoms with Crippen molar-refractivity contribution in [2.75, 3.05) is 0 Å². The molecule has 0 N–H and O–H groups in total. The monoisotopic (exact) mass is 202 g/mol. The first-order valence-corrected chi connectivity index (χ1v) is 4.37. The maximum atomic E-state index is 3.47. The van der Waals surface area contributed by atoms with Gasteiger partial charge in [0.2, 0.25) is 0 Å². The molecule has 0 aliphatic rings. The van der Waals surface area contributed by atoms with Crippen LogP contribution in [0.1, 0.15) is 34.1 Å². The van der Waals surface area contributed by atoms with E-state index in [0.717, 1.165) is 6.42 Å². The topological polar surface area (TPSA) is 0 Å². The van der Waals surface area contributed by atoms with E-state index in [4.69, 9.17) is 0 Å². The summed E-state index contributed by atoms with van der Waals surface area (Å²) in [6.07, 6.45) is 3.25. The number of rotatable bonds is 2. The van der Waals surface area contributed by atoms with Crippen LogP contribution in [0.25, 0.3) is 0 Å². The van der Waals surface area contributed by atoms with Crippen molar-refractivity contribution in [1.29, 1.82) is 0 Å². The maximum Gasteiger partial charge on any atom is -0.00495 e. The molecule has 58 valence electrons. The van der Waals surface area contributed by atoms with E-state index in [-0.39, 0.29) is 0 Å². The largest absolute Gasteiger partial charge is 0.0735 e. The van der Waals surface area contributed by atoms with Crippen LogP contribution >= 0.6 is 15.9 Å². The third kappa shape index (κ3) is 3.89. The van der Waals surface area contributed by atoms with Crippen molar-refractivity contribution in [2.45, 2.75) is 34.1 Å². The highest BCUT2D eigenvalue weighted by molar-refractivity contribution is 9.11. The van der Waals surface area contributed by atoms with Crippen molar-refractivity contribution in [1.82, 2.24) is 0 Å². The van der Waals surface area contributed by atoms with Crippen LogP contribution in [-0.4, -0.2) is 0 Å². The van der Waals surface area contributed by atoms with Gasteiger partial charge >= 0.3 is 0 Å². The zero-order valence-electron chi connectivity index (χ0n) is 7.16. The molecule has 0 aliphatic heterocycles. The molecule has 1 heteroatoms. The second-order valence-corrected chi connectivity index (χ2v) is 3.65. The molecule has 0 saturated heterocycles. The molecule has 0 amide bonds. The van der Waals surface area contributed by atoms with Gasteiger partial charge in [0.1, 0.15) is 0 Å². The van der Waals surface area contributed by atoms with Crippen LogP contribution < -0.4 is 0 Å². The maximum absolute atomic E-state index is 3.47. The molecular weight excluding hydrogens is 188 g/mol. The average Bonchev–Trinajstić information content (AvgIpc) is 1.87.